The highest BCUT2D eigenvalue weighted by Crippen LogP contribution is 2.54. The normalized spacial score (nSPS) is 20.6. The summed E-state index contributed by atoms with van der Waals surface area (Å²) in [6.45, 7) is 7.49. The van der Waals surface area contributed by atoms with Crippen LogP contribution in [0.1, 0.15) is 50.0 Å². The highest BCUT2D eigenvalue weighted by molar-refractivity contribution is 7.80. The molecule has 0 bridgehead atoms. The van der Waals surface area contributed by atoms with Gasteiger partial charge >= 0.3 is 0 Å². The number of nitrogens with zero attached hydrogens (tertiary/aromatic N) is 2. The number of fused-ring (bicyclic) bond motifs is 1. The van der Waals surface area contributed by atoms with E-state index in [1.807, 2.05) is 19.2 Å². The van der Waals surface area contributed by atoms with E-state index in [0.29, 0.717) is 19.1 Å². The van der Waals surface area contributed by atoms with Crippen molar-refractivity contribution in [3.8, 4) is 45.0 Å². The number of aromatic nitrogens is 4. The molecule has 3 aliphatic rings. The third-order valence-corrected chi connectivity index (χ3v) is 8.81. The molecule has 6 nitrogen and oxygen atoms in total. The monoisotopic (exact) mass is 518 g/mol. The quantitative estimate of drug-likeness (QED) is 0.196. The Bertz CT molecular complexity index is 1780. The number of aromatic amines is 2. The molecule has 5 aromatic rings. The summed E-state index contributed by atoms with van der Waals surface area (Å²) in [5, 5.41) is 0. The van der Waals surface area contributed by atoms with E-state index >= 15 is 0 Å². The van der Waals surface area contributed by atoms with Crippen molar-refractivity contribution in [2.24, 2.45) is 5.92 Å². The molecule has 2 aliphatic heterocycles. The molecule has 4 heterocycles. The number of ether oxygens (including phenoxy) is 2. The van der Waals surface area contributed by atoms with Gasteiger partial charge in [0.2, 0.25) is 0 Å². The molecule has 0 radical (unpaired) electrons. The number of rotatable bonds is 4. The molecule has 0 saturated heterocycles. The van der Waals surface area contributed by atoms with Crippen LogP contribution in [0, 0.1) is 5.92 Å². The van der Waals surface area contributed by atoms with E-state index in [-0.39, 0.29) is 5.41 Å². The second kappa shape index (κ2) is 7.54. The summed E-state index contributed by atoms with van der Waals surface area (Å²) >= 11 is 5.30. The van der Waals surface area contributed by atoms with Gasteiger partial charge in [0.15, 0.2) is 0 Å². The van der Waals surface area contributed by atoms with Crippen LogP contribution < -0.4 is 9.47 Å². The van der Waals surface area contributed by atoms with E-state index in [4.69, 9.17) is 26.7 Å². The first-order valence-electron chi connectivity index (χ1n) is 13.0. The smallest absolute Gasteiger partial charge is 0.144 e. The maximum Gasteiger partial charge on any atom is 0.144 e. The molecule has 8 rings (SSSR count). The molecule has 1 saturated carbocycles. The van der Waals surface area contributed by atoms with Crippen LogP contribution in [0.5, 0.6) is 11.5 Å². The fourth-order valence-electron chi connectivity index (χ4n) is 6.03. The lowest BCUT2D eigenvalue weighted by Gasteiger charge is -2.30. The minimum Gasteiger partial charge on any atom is -0.488 e. The van der Waals surface area contributed by atoms with Crippen molar-refractivity contribution in [3.63, 3.8) is 0 Å². The Kier molecular flexibility index (Phi) is 4.38. The molecule has 7 heteroatoms. The largest absolute Gasteiger partial charge is 0.488 e. The van der Waals surface area contributed by atoms with E-state index in [0.717, 1.165) is 67.0 Å². The third kappa shape index (κ3) is 3.14. The predicted molar refractivity (Wildman–Crippen MR) is 152 cm³/mol. The van der Waals surface area contributed by atoms with Crippen molar-refractivity contribution in [2.75, 3.05) is 0 Å². The Hall–Kier alpha value is -3.97. The van der Waals surface area contributed by atoms with Gasteiger partial charge in [-0.15, -0.1) is 0 Å². The lowest BCUT2D eigenvalue weighted by molar-refractivity contribution is 0.277. The van der Waals surface area contributed by atoms with Crippen LogP contribution in [0.2, 0.25) is 0 Å². The van der Waals surface area contributed by atoms with Crippen LogP contribution in [0.25, 0.3) is 44.5 Å². The lowest BCUT2D eigenvalue weighted by atomic mass is 9.86. The maximum atomic E-state index is 6.33. The number of benzene rings is 3. The molecule has 0 amide bonds. The van der Waals surface area contributed by atoms with E-state index in [1.54, 1.807) is 0 Å². The van der Waals surface area contributed by atoms with E-state index in [9.17, 15) is 0 Å². The van der Waals surface area contributed by atoms with E-state index < -0.39 is 0 Å². The molecule has 38 heavy (non-hydrogen) atoms. The molecule has 2 atom stereocenters. The molecule has 188 valence electrons. The average Bonchev–Trinajstić information content (AvgIpc) is 3.30. The number of nitrogens with one attached hydrogen (secondary N) is 2. The topological polar surface area (TPSA) is 75.8 Å². The Morgan fingerprint density at radius 3 is 2.32 bits per heavy atom. The zero-order valence-electron chi connectivity index (χ0n) is 21.4. The van der Waals surface area contributed by atoms with Gasteiger partial charge in [0.25, 0.3) is 0 Å². The lowest BCUT2D eigenvalue weighted by Crippen LogP contribution is -2.15. The molecular weight excluding hydrogens is 492 g/mol. The summed E-state index contributed by atoms with van der Waals surface area (Å²) in [4.78, 5) is 17.0. The van der Waals surface area contributed by atoms with Gasteiger partial charge in [-0.25, -0.2) is 9.97 Å². The second-order valence-electron chi connectivity index (χ2n) is 11.1. The van der Waals surface area contributed by atoms with Crippen LogP contribution in [0.4, 0.5) is 0 Å². The van der Waals surface area contributed by atoms with Crippen molar-refractivity contribution in [3.05, 3.63) is 71.4 Å². The first-order chi connectivity index (χ1) is 18.4. The summed E-state index contributed by atoms with van der Waals surface area (Å²) < 4.78 is 12.7. The van der Waals surface area contributed by atoms with Crippen LogP contribution >= 0.6 is 12.2 Å². The van der Waals surface area contributed by atoms with Crippen molar-refractivity contribution < 1.29 is 9.47 Å². The van der Waals surface area contributed by atoms with Crippen molar-refractivity contribution >= 4 is 28.1 Å². The van der Waals surface area contributed by atoms with Crippen molar-refractivity contribution in [1.29, 1.82) is 0 Å². The fraction of sp³-hybridized carbons (Fsp3) is 0.258. The first kappa shape index (κ1) is 22.1. The third-order valence-electron chi connectivity index (χ3n) is 8.62. The Labute approximate surface area is 225 Å². The molecule has 1 fully saturated rings. The highest BCUT2D eigenvalue weighted by atomic mass is 32.1. The Morgan fingerprint density at radius 2 is 1.66 bits per heavy atom. The second-order valence-corrected chi connectivity index (χ2v) is 11.7. The number of thiocarbonyl (C=S) groups is 1. The summed E-state index contributed by atoms with van der Waals surface area (Å²) in [5.74, 6) is 4.20. The van der Waals surface area contributed by atoms with Crippen LogP contribution in [0.3, 0.4) is 0 Å². The summed E-state index contributed by atoms with van der Waals surface area (Å²) in [6, 6.07) is 15.0. The minimum atomic E-state index is 0.159. The molecular formula is C31H26N4O2S. The summed E-state index contributed by atoms with van der Waals surface area (Å²) in [5.41, 5.74) is 11.0. The van der Waals surface area contributed by atoms with Gasteiger partial charge in [0, 0.05) is 16.5 Å². The van der Waals surface area contributed by atoms with Crippen molar-refractivity contribution in [1.82, 2.24) is 19.9 Å². The Balaban J connectivity index is 1.19. The van der Waals surface area contributed by atoms with E-state index in [1.165, 1.54) is 23.1 Å². The van der Waals surface area contributed by atoms with Gasteiger partial charge in [-0.2, -0.15) is 0 Å². The van der Waals surface area contributed by atoms with Gasteiger partial charge in [-0.3, -0.25) is 0 Å². The molecule has 3 aromatic carbocycles. The summed E-state index contributed by atoms with van der Waals surface area (Å²) in [7, 11) is 0. The van der Waals surface area contributed by atoms with Crippen LogP contribution in [-0.2, 0) is 18.6 Å². The number of H-pyrrole nitrogens is 2. The average molecular weight is 519 g/mol. The van der Waals surface area contributed by atoms with Crippen LogP contribution in [-0.4, -0.2) is 24.8 Å². The van der Waals surface area contributed by atoms with Crippen molar-refractivity contribution in [2.45, 2.75) is 45.8 Å². The van der Waals surface area contributed by atoms with E-state index in [2.05, 4.69) is 65.2 Å². The first-order valence-corrected chi connectivity index (χ1v) is 13.4. The molecule has 1 aliphatic carbocycles. The zero-order valence-corrected chi connectivity index (χ0v) is 22.3. The SMILES string of the molecule is CC(=S)c1nc2ccc(-c3cc4c5c(c3)COc3cc(-c6cnc(C7(C)CC7C)[nH]6)cc(c3-5)OC4)cc2[nH]1. The number of hydrogen-bond donors (Lipinski definition) is 2. The molecule has 2 unspecified atom stereocenters. The number of imidazole rings is 2. The van der Waals surface area contributed by atoms with Gasteiger partial charge in [0.05, 0.1) is 33.4 Å². The predicted octanol–water partition coefficient (Wildman–Crippen LogP) is 7.11. The zero-order chi connectivity index (χ0) is 25.8. The molecule has 2 N–H and O–H groups in total. The fourth-order valence-corrected chi connectivity index (χ4v) is 6.13. The number of hydrogen-bond acceptors (Lipinski definition) is 5. The van der Waals surface area contributed by atoms with Gasteiger partial charge in [-0.05, 0) is 77.9 Å². The van der Waals surface area contributed by atoms with Crippen LogP contribution in [0.15, 0.2) is 48.7 Å². The van der Waals surface area contributed by atoms with Gasteiger partial charge in [0.1, 0.15) is 36.4 Å². The standard InChI is InChI=1S/C31H26N4O2S/c1-15-11-31(15,3)30-32-12-24(35-30)19-9-25-28-26(10-19)37-14-21-7-18(6-20(13-36-25)27(21)28)17-4-5-22-23(8-17)34-29(33-22)16(2)38/h4-10,12,15H,11,13-14H2,1-3H3,(H,32,35)(H,33,34). The molecule has 0 spiro atoms. The summed E-state index contributed by atoms with van der Waals surface area (Å²) in [6.07, 6.45) is 3.11. The minimum absolute atomic E-state index is 0.159. The molecule has 2 aromatic heterocycles. The maximum absolute atomic E-state index is 6.33. The highest BCUT2D eigenvalue weighted by Gasteiger charge is 2.50. The Morgan fingerprint density at radius 1 is 0.947 bits per heavy atom. The van der Waals surface area contributed by atoms with Gasteiger partial charge < -0.3 is 19.4 Å². The van der Waals surface area contributed by atoms with Gasteiger partial charge in [-0.1, -0.05) is 32.1 Å².